The van der Waals surface area contributed by atoms with Crippen molar-refractivity contribution in [3.05, 3.63) is 80.5 Å². The molecule has 0 saturated carbocycles. The first kappa shape index (κ1) is 22.7. The summed E-state index contributed by atoms with van der Waals surface area (Å²) in [5.41, 5.74) is 4.11. The molecule has 176 valence electrons. The lowest BCUT2D eigenvalue weighted by Gasteiger charge is -2.31. The van der Waals surface area contributed by atoms with Crippen LogP contribution in [0.3, 0.4) is 0 Å². The van der Waals surface area contributed by atoms with Crippen LogP contribution in [-0.2, 0) is 22.6 Å². The second kappa shape index (κ2) is 8.96. The standard InChI is InChI=1S/C25H24Cl2N4O3/c1-29-19-14-31(12-10-20(32)30-11-9-15-5-2-3-6-16(15)13-30)24(33)21(19)23(28-25(29)34)17-7-4-8-18(26)22(17)27/h2-8,23H,9-14H2,1H3,(H,28,34). The smallest absolute Gasteiger partial charge is 0.322 e. The molecule has 0 saturated heterocycles. The van der Waals surface area contributed by atoms with Crippen molar-refractivity contribution in [3.63, 3.8) is 0 Å². The van der Waals surface area contributed by atoms with Gasteiger partial charge in [0, 0.05) is 33.1 Å². The molecule has 4 amide bonds. The van der Waals surface area contributed by atoms with Gasteiger partial charge < -0.3 is 15.1 Å². The number of nitrogens with one attached hydrogen (secondary N) is 1. The van der Waals surface area contributed by atoms with E-state index in [0.29, 0.717) is 40.0 Å². The summed E-state index contributed by atoms with van der Waals surface area (Å²) in [5, 5.41) is 3.52. The normalized spacial score (nSPS) is 19.9. The molecule has 3 aliphatic heterocycles. The minimum absolute atomic E-state index is 0.0177. The third-order valence-electron chi connectivity index (χ3n) is 6.81. The van der Waals surface area contributed by atoms with Crippen molar-refractivity contribution < 1.29 is 14.4 Å². The van der Waals surface area contributed by atoms with Gasteiger partial charge in [0.2, 0.25) is 5.91 Å². The highest BCUT2D eigenvalue weighted by Gasteiger charge is 2.43. The summed E-state index contributed by atoms with van der Waals surface area (Å²) in [6.07, 6.45) is 1.06. The molecule has 0 aliphatic carbocycles. The number of urea groups is 1. The molecule has 1 N–H and O–H groups in total. The van der Waals surface area contributed by atoms with Gasteiger partial charge in [0.15, 0.2) is 0 Å². The summed E-state index contributed by atoms with van der Waals surface area (Å²) in [7, 11) is 1.63. The molecule has 2 aromatic rings. The largest absolute Gasteiger partial charge is 0.338 e. The van der Waals surface area contributed by atoms with Crippen LogP contribution in [0, 0.1) is 0 Å². The van der Waals surface area contributed by atoms with E-state index in [4.69, 9.17) is 23.2 Å². The lowest BCUT2D eigenvalue weighted by atomic mass is 9.95. The lowest BCUT2D eigenvalue weighted by Crippen LogP contribution is -2.45. The fraction of sp³-hybridized carbons (Fsp3) is 0.320. The molecule has 0 aromatic heterocycles. The van der Waals surface area contributed by atoms with Gasteiger partial charge >= 0.3 is 6.03 Å². The van der Waals surface area contributed by atoms with E-state index in [-0.39, 0.29) is 37.4 Å². The van der Waals surface area contributed by atoms with E-state index in [9.17, 15) is 14.4 Å². The van der Waals surface area contributed by atoms with Crippen LogP contribution in [-0.4, -0.2) is 59.2 Å². The molecule has 2 aromatic carbocycles. The van der Waals surface area contributed by atoms with Gasteiger partial charge in [-0.1, -0.05) is 59.6 Å². The van der Waals surface area contributed by atoms with Gasteiger partial charge in [-0.15, -0.1) is 0 Å². The molecule has 0 spiro atoms. The zero-order valence-corrected chi connectivity index (χ0v) is 20.2. The average Bonchev–Trinajstić information content (AvgIpc) is 3.18. The molecule has 5 rings (SSSR count). The van der Waals surface area contributed by atoms with E-state index in [2.05, 4.69) is 17.4 Å². The van der Waals surface area contributed by atoms with Crippen molar-refractivity contribution in [1.82, 2.24) is 20.0 Å². The lowest BCUT2D eigenvalue weighted by molar-refractivity contribution is -0.133. The molecule has 3 heterocycles. The number of benzene rings is 2. The number of amides is 4. The molecule has 7 nitrogen and oxygen atoms in total. The number of nitrogens with zero attached hydrogens (tertiary/aromatic N) is 3. The van der Waals surface area contributed by atoms with Crippen molar-refractivity contribution in [1.29, 1.82) is 0 Å². The van der Waals surface area contributed by atoms with Gasteiger partial charge in [-0.3, -0.25) is 14.5 Å². The average molecular weight is 499 g/mol. The Bertz CT molecular complexity index is 1230. The maximum absolute atomic E-state index is 13.4. The Hall–Kier alpha value is -3.03. The van der Waals surface area contributed by atoms with Crippen LogP contribution < -0.4 is 5.32 Å². The molecule has 0 radical (unpaired) electrons. The zero-order valence-electron chi connectivity index (χ0n) is 18.7. The van der Waals surface area contributed by atoms with Crippen LogP contribution in [0.4, 0.5) is 4.79 Å². The first-order chi connectivity index (χ1) is 16.3. The minimum Gasteiger partial charge on any atom is -0.338 e. The fourth-order valence-electron chi connectivity index (χ4n) is 4.88. The second-order valence-corrected chi connectivity index (χ2v) is 9.54. The Morgan fingerprint density at radius 1 is 1.06 bits per heavy atom. The number of hydrogen-bond acceptors (Lipinski definition) is 3. The van der Waals surface area contributed by atoms with Gasteiger partial charge in [0.1, 0.15) is 0 Å². The quantitative estimate of drug-likeness (QED) is 0.697. The van der Waals surface area contributed by atoms with Crippen LogP contribution in [0.1, 0.15) is 29.2 Å². The van der Waals surface area contributed by atoms with Crippen LogP contribution in [0.5, 0.6) is 0 Å². The first-order valence-electron chi connectivity index (χ1n) is 11.2. The predicted octanol–water partition coefficient (Wildman–Crippen LogP) is 3.76. The molecule has 3 aliphatic rings. The molecule has 0 fully saturated rings. The van der Waals surface area contributed by atoms with Gasteiger partial charge in [-0.25, -0.2) is 4.79 Å². The maximum Gasteiger partial charge on any atom is 0.322 e. The van der Waals surface area contributed by atoms with Gasteiger partial charge in [-0.2, -0.15) is 0 Å². The van der Waals surface area contributed by atoms with Gasteiger partial charge in [-0.05, 0) is 29.2 Å². The topological polar surface area (TPSA) is 73.0 Å². The Balaban J connectivity index is 1.31. The Morgan fingerprint density at radius 3 is 2.62 bits per heavy atom. The summed E-state index contributed by atoms with van der Waals surface area (Å²) in [4.78, 5) is 43.9. The van der Waals surface area contributed by atoms with Crippen LogP contribution in [0.15, 0.2) is 53.7 Å². The van der Waals surface area contributed by atoms with Crippen LogP contribution in [0.2, 0.25) is 10.0 Å². The van der Waals surface area contributed by atoms with Crippen LogP contribution in [0.25, 0.3) is 0 Å². The Kier molecular flexibility index (Phi) is 6.00. The highest BCUT2D eigenvalue weighted by atomic mass is 35.5. The molecule has 1 unspecified atom stereocenters. The zero-order chi connectivity index (χ0) is 24.0. The third kappa shape index (κ3) is 3.93. The van der Waals surface area contributed by atoms with Crippen molar-refractivity contribution in [2.45, 2.75) is 25.4 Å². The van der Waals surface area contributed by atoms with E-state index in [1.54, 1.807) is 30.1 Å². The Morgan fingerprint density at radius 2 is 1.82 bits per heavy atom. The Labute approximate surface area is 207 Å². The number of fused-ring (bicyclic) bond motifs is 1. The van der Waals surface area contributed by atoms with E-state index in [1.165, 1.54) is 16.0 Å². The predicted molar refractivity (Wildman–Crippen MR) is 129 cm³/mol. The number of rotatable bonds is 4. The summed E-state index contributed by atoms with van der Waals surface area (Å²) in [6.45, 7) is 1.81. The number of carbonyl (C=O) groups is 3. The molecular weight excluding hydrogens is 475 g/mol. The van der Waals surface area contributed by atoms with Crippen molar-refractivity contribution in [2.24, 2.45) is 0 Å². The monoisotopic (exact) mass is 498 g/mol. The van der Waals surface area contributed by atoms with Gasteiger partial charge in [0.05, 0.1) is 33.9 Å². The van der Waals surface area contributed by atoms with E-state index in [1.807, 2.05) is 17.0 Å². The van der Waals surface area contributed by atoms with Crippen molar-refractivity contribution in [3.8, 4) is 0 Å². The molecule has 9 heteroatoms. The van der Waals surface area contributed by atoms with E-state index in [0.717, 1.165) is 6.42 Å². The number of halogens is 2. The SMILES string of the molecule is CN1C(=O)NC(c2cccc(Cl)c2Cl)C2=C1CN(CCC(=O)N1CCc3ccccc3C1)C2=O. The summed E-state index contributed by atoms with van der Waals surface area (Å²) in [6, 6.07) is 12.3. The molecule has 0 bridgehead atoms. The highest BCUT2D eigenvalue weighted by Crippen LogP contribution is 2.40. The van der Waals surface area contributed by atoms with E-state index >= 15 is 0 Å². The minimum atomic E-state index is -0.698. The van der Waals surface area contributed by atoms with E-state index < -0.39 is 6.04 Å². The third-order valence-corrected chi connectivity index (χ3v) is 7.64. The fourth-order valence-corrected chi connectivity index (χ4v) is 5.29. The highest BCUT2D eigenvalue weighted by molar-refractivity contribution is 6.42. The first-order valence-corrected chi connectivity index (χ1v) is 12.0. The number of likely N-dealkylation sites (N-methyl/N-ethyl adjacent to an activating group) is 1. The van der Waals surface area contributed by atoms with Crippen LogP contribution >= 0.6 is 23.2 Å². The van der Waals surface area contributed by atoms with Gasteiger partial charge in [0.25, 0.3) is 5.91 Å². The van der Waals surface area contributed by atoms with Crippen molar-refractivity contribution in [2.75, 3.05) is 26.7 Å². The number of hydrogen-bond donors (Lipinski definition) is 1. The summed E-state index contributed by atoms with van der Waals surface area (Å²) < 4.78 is 0. The molecule has 34 heavy (non-hydrogen) atoms. The summed E-state index contributed by atoms with van der Waals surface area (Å²) in [5.74, 6) is -0.191. The molecule has 1 atom stereocenters. The number of carbonyl (C=O) groups excluding carboxylic acids is 3. The van der Waals surface area contributed by atoms with Crippen molar-refractivity contribution >= 4 is 41.0 Å². The maximum atomic E-state index is 13.4. The molecular formula is C25H24Cl2N4O3. The summed E-state index contributed by atoms with van der Waals surface area (Å²) >= 11 is 12.6. The second-order valence-electron chi connectivity index (χ2n) is 8.76.